The van der Waals surface area contributed by atoms with E-state index >= 15 is 0 Å². The molecule has 1 heteroatoms. The van der Waals surface area contributed by atoms with Crippen LogP contribution in [0.15, 0.2) is 59.6 Å². The van der Waals surface area contributed by atoms with Crippen LogP contribution in [0.2, 0.25) is 0 Å². The van der Waals surface area contributed by atoms with Crippen LogP contribution in [0.3, 0.4) is 0 Å². The van der Waals surface area contributed by atoms with Crippen LogP contribution in [-0.2, 0) is 0 Å². The number of hydrogen-bond acceptors (Lipinski definition) is 1. The number of aliphatic imine (C=N–C) groups is 1. The molecule has 1 nitrogen and oxygen atoms in total. The van der Waals surface area contributed by atoms with Crippen LogP contribution in [0.1, 0.15) is 6.92 Å². The quantitative estimate of drug-likeness (QED) is 0.487. The number of allylic oxidation sites excluding steroid dienone is 4. The van der Waals surface area contributed by atoms with Crippen molar-refractivity contribution in [2.75, 3.05) is 0 Å². The Balaban J connectivity index is 2.50. The summed E-state index contributed by atoms with van der Waals surface area (Å²) in [5.41, 5.74) is 0.979. The Morgan fingerprint density at radius 3 is 2.46 bits per heavy atom. The van der Waals surface area contributed by atoms with Gasteiger partial charge in [0.15, 0.2) is 0 Å². The normalized spacial score (nSPS) is 12.1. The molecule has 0 aliphatic carbocycles. The zero-order chi connectivity index (χ0) is 9.36. The van der Waals surface area contributed by atoms with Crippen molar-refractivity contribution >= 4 is 11.9 Å². The molecule has 0 fully saturated rings. The van der Waals surface area contributed by atoms with E-state index in [1.54, 1.807) is 6.21 Å². The lowest BCUT2D eigenvalue weighted by Gasteiger charge is -1.87. The predicted octanol–water partition coefficient (Wildman–Crippen LogP) is 3.52. The van der Waals surface area contributed by atoms with Gasteiger partial charge in [-0.25, -0.2) is 0 Å². The van der Waals surface area contributed by atoms with Gasteiger partial charge in [-0.05, 0) is 25.1 Å². The van der Waals surface area contributed by atoms with Gasteiger partial charge in [0.1, 0.15) is 0 Å². The minimum Gasteiger partial charge on any atom is -0.257 e. The van der Waals surface area contributed by atoms with Crippen LogP contribution in [0, 0.1) is 0 Å². The van der Waals surface area contributed by atoms with E-state index in [0.717, 1.165) is 5.69 Å². The third kappa shape index (κ3) is 4.06. The molecule has 0 aliphatic rings. The van der Waals surface area contributed by atoms with Crippen LogP contribution in [-0.4, -0.2) is 6.21 Å². The minimum absolute atomic E-state index is 0.979. The molecule has 0 unspecified atom stereocenters. The third-order valence-electron chi connectivity index (χ3n) is 1.48. The number of benzene rings is 1. The summed E-state index contributed by atoms with van der Waals surface area (Å²) in [5, 5.41) is 0. The van der Waals surface area contributed by atoms with E-state index < -0.39 is 0 Å². The van der Waals surface area contributed by atoms with Crippen LogP contribution in [0.25, 0.3) is 0 Å². The van der Waals surface area contributed by atoms with Gasteiger partial charge in [0.2, 0.25) is 0 Å². The molecule has 0 heterocycles. The van der Waals surface area contributed by atoms with Gasteiger partial charge < -0.3 is 0 Å². The van der Waals surface area contributed by atoms with Crippen molar-refractivity contribution in [3.05, 3.63) is 54.6 Å². The van der Waals surface area contributed by atoms with Crippen LogP contribution >= 0.6 is 0 Å². The standard InChI is InChI=1S/C12H13N/c1-2-3-4-8-11-13-12-9-6-5-7-10-12/h2-11H,1H3/b3-2+,8-4+,13-11?. The Morgan fingerprint density at radius 1 is 1.00 bits per heavy atom. The van der Waals surface area contributed by atoms with Crippen molar-refractivity contribution in [3.63, 3.8) is 0 Å². The fourth-order valence-electron chi connectivity index (χ4n) is 0.868. The molecule has 1 aromatic rings. The average molecular weight is 171 g/mol. The Hall–Kier alpha value is -1.63. The lowest BCUT2D eigenvalue weighted by molar-refractivity contribution is 1.54. The highest BCUT2D eigenvalue weighted by atomic mass is 14.7. The molecular formula is C12H13N. The first-order valence-corrected chi connectivity index (χ1v) is 4.30. The fourth-order valence-corrected chi connectivity index (χ4v) is 0.868. The monoisotopic (exact) mass is 171 g/mol. The molecule has 0 amide bonds. The summed E-state index contributed by atoms with van der Waals surface area (Å²) in [6.45, 7) is 1.98. The summed E-state index contributed by atoms with van der Waals surface area (Å²) in [6, 6.07) is 9.87. The lowest BCUT2D eigenvalue weighted by atomic mass is 10.3. The largest absolute Gasteiger partial charge is 0.257 e. The van der Waals surface area contributed by atoms with Gasteiger partial charge in [-0.3, -0.25) is 4.99 Å². The van der Waals surface area contributed by atoms with Gasteiger partial charge in [-0.1, -0.05) is 36.4 Å². The third-order valence-corrected chi connectivity index (χ3v) is 1.48. The van der Waals surface area contributed by atoms with E-state index in [-0.39, 0.29) is 0 Å². The second-order valence-electron chi connectivity index (χ2n) is 2.52. The highest BCUT2D eigenvalue weighted by Gasteiger charge is 1.79. The van der Waals surface area contributed by atoms with E-state index in [1.165, 1.54) is 0 Å². The second kappa shape index (κ2) is 5.95. The average Bonchev–Trinajstić information content (AvgIpc) is 2.19. The molecule has 0 aromatic heterocycles. The fraction of sp³-hybridized carbons (Fsp3) is 0.0833. The Labute approximate surface area is 79.1 Å². The molecule has 0 atom stereocenters. The maximum absolute atomic E-state index is 4.23. The molecule has 0 saturated heterocycles. The van der Waals surface area contributed by atoms with Gasteiger partial charge in [0.25, 0.3) is 0 Å². The highest BCUT2D eigenvalue weighted by Crippen LogP contribution is 2.07. The summed E-state index contributed by atoms with van der Waals surface area (Å²) in [7, 11) is 0. The van der Waals surface area contributed by atoms with Crippen molar-refractivity contribution in [2.45, 2.75) is 6.92 Å². The second-order valence-corrected chi connectivity index (χ2v) is 2.52. The van der Waals surface area contributed by atoms with Gasteiger partial charge >= 0.3 is 0 Å². The molecule has 0 bridgehead atoms. The molecule has 66 valence electrons. The maximum atomic E-state index is 4.23. The zero-order valence-corrected chi connectivity index (χ0v) is 7.72. The smallest absolute Gasteiger partial charge is 0.0629 e. The van der Waals surface area contributed by atoms with Crippen molar-refractivity contribution in [2.24, 2.45) is 4.99 Å². The van der Waals surface area contributed by atoms with Crippen LogP contribution in [0.5, 0.6) is 0 Å². The van der Waals surface area contributed by atoms with E-state index in [4.69, 9.17) is 0 Å². The summed E-state index contributed by atoms with van der Waals surface area (Å²) in [4.78, 5) is 4.23. The minimum atomic E-state index is 0.979. The number of hydrogen-bond donors (Lipinski definition) is 0. The number of para-hydroxylation sites is 1. The van der Waals surface area contributed by atoms with E-state index in [2.05, 4.69) is 4.99 Å². The van der Waals surface area contributed by atoms with Crippen molar-refractivity contribution in [1.82, 2.24) is 0 Å². The van der Waals surface area contributed by atoms with Crippen molar-refractivity contribution in [1.29, 1.82) is 0 Å². The molecule has 0 saturated carbocycles. The molecule has 1 aromatic carbocycles. The van der Waals surface area contributed by atoms with Gasteiger partial charge in [-0.2, -0.15) is 0 Å². The molecule has 1 rings (SSSR count). The summed E-state index contributed by atoms with van der Waals surface area (Å²) in [6.07, 6.45) is 9.60. The Morgan fingerprint density at radius 2 is 1.77 bits per heavy atom. The number of rotatable bonds is 3. The molecular weight excluding hydrogens is 158 g/mol. The van der Waals surface area contributed by atoms with E-state index in [9.17, 15) is 0 Å². The first-order chi connectivity index (χ1) is 6.43. The first kappa shape index (κ1) is 9.46. The molecule has 0 aliphatic heterocycles. The van der Waals surface area contributed by atoms with Crippen molar-refractivity contribution in [3.8, 4) is 0 Å². The molecule has 0 spiro atoms. The lowest BCUT2D eigenvalue weighted by Crippen LogP contribution is -1.64. The Kier molecular flexibility index (Phi) is 4.33. The maximum Gasteiger partial charge on any atom is 0.0629 e. The van der Waals surface area contributed by atoms with Gasteiger partial charge in [0, 0.05) is 6.21 Å². The van der Waals surface area contributed by atoms with E-state index in [1.807, 2.05) is 61.6 Å². The summed E-state index contributed by atoms with van der Waals surface area (Å²) >= 11 is 0. The number of nitrogens with zero attached hydrogens (tertiary/aromatic N) is 1. The van der Waals surface area contributed by atoms with Crippen molar-refractivity contribution < 1.29 is 0 Å². The zero-order valence-electron chi connectivity index (χ0n) is 7.72. The van der Waals surface area contributed by atoms with E-state index in [0.29, 0.717) is 0 Å². The predicted molar refractivity (Wildman–Crippen MR) is 58.5 cm³/mol. The molecule has 13 heavy (non-hydrogen) atoms. The van der Waals surface area contributed by atoms with Gasteiger partial charge in [-0.15, -0.1) is 0 Å². The molecule has 0 N–H and O–H groups in total. The highest BCUT2D eigenvalue weighted by molar-refractivity contribution is 5.74. The Bertz CT molecular complexity index is 307. The SMILES string of the molecule is C/C=C/C=C/C=Nc1ccccc1. The van der Waals surface area contributed by atoms with Crippen LogP contribution < -0.4 is 0 Å². The summed E-state index contributed by atoms with van der Waals surface area (Å²) < 4.78 is 0. The van der Waals surface area contributed by atoms with Gasteiger partial charge in [0.05, 0.1) is 5.69 Å². The summed E-state index contributed by atoms with van der Waals surface area (Å²) in [5.74, 6) is 0. The first-order valence-electron chi connectivity index (χ1n) is 4.30. The topological polar surface area (TPSA) is 12.4 Å². The van der Waals surface area contributed by atoms with Crippen LogP contribution in [0.4, 0.5) is 5.69 Å². The molecule has 0 radical (unpaired) electrons.